The van der Waals surface area contributed by atoms with Gasteiger partial charge in [-0.25, -0.2) is 0 Å². The minimum atomic E-state index is -0.897. The van der Waals surface area contributed by atoms with Crippen LogP contribution in [0.1, 0.15) is 34.6 Å². The lowest BCUT2D eigenvalue weighted by Crippen LogP contribution is -2.50. The van der Waals surface area contributed by atoms with E-state index in [1.165, 1.54) is 0 Å². The van der Waals surface area contributed by atoms with Crippen molar-refractivity contribution in [2.75, 3.05) is 5.32 Å². The van der Waals surface area contributed by atoms with Gasteiger partial charge in [0.15, 0.2) is 0 Å². The first kappa shape index (κ1) is 17.9. The van der Waals surface area contributed by atoms with E-state index in [0.29, 0.717) is 16.8 Å². The number of hydrogen-bond donors (Lipinski definition) is 1. The molecular weight excluding hydrogens is 352 g/mol. The molecule has 0 aromatic heterocycles. The molecule has 0 radical (unpaired) electrons. The highest BCUT2D eigenvalue weighted by atomic mass is 16.2. The zero-order valence-corrected chi connectivity index (χ0v) is 15.7. The van der Waals surface area contributed by atoms with Crippen LogP contribution in [0.3, 0.4) is 0 Å². The van der Waals surface area contributed by atoms with Crippen molar-refractivity contribution in [1.29, 1.82) is 0 Å². The lowest BCUT2D eigenvalue weighted by molar-refractivity contribution is -0.121. The molecule has 0 fully saturated rings. The summed E-state index contributed by atoms with van der Waals surface area (Å²) >= 11 is 0. The Kier molecular flexibility index (Phi) is 4.43. The molecule has 3 amide bonds. The van der Waals surface area contributed by atoms with Crippen LogP contribution in [-0.4, -0.2) is 28.7 Å². The van der Waals surface area contributed by atoms with Crippen LogP contribution in [0.5, 0.6) is 0 Å². The van der Waals surface area contributed by atoms with E-state index in [2.05, 4.69) is 5.32 Å². The van der Waals surface area contributed by atoms with Gasteiger partial charge in [0.2, 0.25) is 5.91 Å². The Morgan fingerprint density at radius 3 is 2.04 bits per heavy atom. The smallest absolute Gasteiger partial charge is 0.262 e. The number of fused-ring (bicyclic) bond motifs is 2. The Bertz CT molecular complexity index is 1060. The van der Waals surface area contributed by atoms with Gasteiger partial charge >= 0.3 is 0 Å². The fourth-order valence-corrected chi connectivity index (χ4v) is 3.72. The molecule has 4 rings (SSSR count). The van der Waals surface area contributed by atoms with Crippen LogP contribution < -0.4 is 5.32 Å². The van der Waals surface area contributed by atoms with Crippen molar-refractivity contribution in [3.8, 4) is 0 Å². The van der Waals surface area contributed by atoms with Gasteiger partial charge in [-0.2, -0.15) is 0 Å². The van der Waals surface area contributed by atoms with Crippen molar-refractivity contribution in [2.24, 2.45) is 5.92 Å². The average Bonchev–Trinajstić information content (AvgIpc) is 2.94. The second kappa shape index (κ2) is 6.93. The van der Waals surface area contributed by atoms with E-state index in [-0.39, 0.29) is 11.8 Å². The zero-order chi connectivity index (χ0) is 19.8. The summed E-state index contributed by atoms with van der Waals surface area (Å²) in [5.41, 5.74) is 1.34. The Labute approximate surface area is 163 Å². The molecule has 1 unspecified atom stereocenters. The summed E-state index contributed by atoms with van der Waals surface area (Å²) in [6.45, 7) is 3.66. The molecule has 28 heavy (non-hydrogen) atoms. The third kappa shape index (κ3) is 2.85. The first-order valence-electron chi connectivity index (χ1n) is 9.24. The van der Waals surface area contributed by atoms with Crippen LogP contribution in [0.25, 0.3) is 10.8 Å². The summed E-state index contributed by atoms with van der Waals surface area (Å²) < 4.78 is 0. The Morgan fingerprint density at radius 1 is 0.821 bits per heavy atom. The van der Waals surface area contributed by atoms with Crippen molar-refractivity contribution in [3.05, 3.63) is 77.9 Å². The first-order valence-corrected chi connectivity index (χ1v) is 9.24. The van der Waals surface area contributed by atoms with E-state index < -0.39 is 17.9 Å². The summed E-state index contributed by atoms with van der Waals surface area (Å²) in [5.74, 6) is -1.46. The number of carbonyl (C=O) groups excluding carboxylic acids is 3. The predicted octanol–water partition coefficient (Wildman–Crippen LogP) is 4.10. The number of nitrogens with one attached hydrogen (secondary N) is 1. The Hall–Kier alpha value is -3.47. The third-order valence-corrected chi connectivity index (χ3v) is 5.05. The molecular formula is C23H20N2O3. The van der Waals surface area contributed by atoms with Crippen LogP contribution in [-0.2, 0) is 4.79 Å². The van der Waals surface area contributed by atoms with E-state index in [9.17, 15) is 14.4 Å². The molecule has 0 saturated carbocycles. The number of nitrogens with zero attached hydrogens (tertiary/aromatic N) is 1. The van der Waals surface area contributed by atoms with Gasteiger partial charge in [0, 0.05) is 11.1 Å². The molecule has 1 aliphatic rings. The second-order valence-corrected chi connectivity index (χ2v) is 7.23. The largest absolute Gasteiger partial charge is 0.324 e. The zero-order valence-electron chi connectivity index (χ0n) is 15.7. The number of anilines is 1. The minimum absolute atomic E-state index is 0.239. The highest BCUT2D eigenvalue weighted by molar-refractivity contribution is 6.23. The molecule has 3 aromatic rings. The monoisotopic (exact) mass is 372 g/mol. The maximum atomic E-state index is 13.2. The topological polar surface area (TPSA) is 66.5 Å². The molecule has 1 N–H and O–H groups in total. The highest BCUT2D eigenvalue weighted by Gasteiger charge is 2.43. The number of benzene rings is 3. The molecule has 0 bridgehead atoms. The Morgan fingerprint density at radius 2 is 1.39 bits per heavy atom. The fourth-order valence-electron chi connectivity index (χ4n) is 3.72. The van der Waals surface area contributed by atoms with Crippen molar-refractivity contribution in [2.45, 2.75) is 19.9 Å². The van der Waals surface area contributed by atoms with Gasteiger partial charge in [-0.15, -0.1) is 0 Å². The van der Waals surface area contributed by atoms with Gasteiger partial charge in [0.25, 0.3) is 11.8 Å². The minimum Gasteiger partial charge on any atom is -0.324 e. The van der Waals surface area contributed by atoms with Gasteiger partial charge in [-0.3, -0.25) is 19.3 Å². The van der Waals surface area contributed by atoms with E-state index in [1.807, 2.05) is 56.3 Å². The van der Waals surface area contributed by atoms with Crippen LogP contribution >= 0.6 is 0 Å². The first-order chi connectivity index (χ1) is 13.5. The average molecular weight is 372 g/mol. The Balaban J connectivity index is 1.68. The maximum absolute atomic E-state index is 13.2. The van der Waals surface area contributed by atoms with E-state index in [0.717, 1.165) is 15.7 Å². The number of hydrogen-bond acceptors (Lipinski definition) is 3. The summed E-state index contributed by atoms with van der Waals surface area (Å²) in [4.78, 5) is 40.0. The van der Waals surface area contributed by atoms with E-state index >= 15 is 0 Å². The van der Waals surface area contributed by atoms with Gasteiger partial charge < -0.3 is 5.32 Å². The van der Waals surface area contributed by atoms with Gasteiger partial charge in [0.05, 0.1) is 11.1 Å². The highest BCUT2D eigenvalue weighted by Crippen LogP contribution is 2.29. The number of amides is 3. The van der Waals surface area contributed by atoms with Crippen molar-refractivity contribution in [1.82, 2.24) is 4.90 Å². The number of carbonyl (C=O) groups is 3. The molecule has 3 aromatic carbocycles. The standard InChI is InChI=1S/C23H20N2O3/c1-14(2)20(25-22(27)17-11-5-6-12-18(17)23(25)28)21(26)24-19-13-7-9-15-8-3-4-10-16(15)19/h3-14,20H,1-2H3,(H,24,26). The van der Waals surface area contributed by atoms with Crippen LogP contribution in [0.2, 0.25) is 0 Å². The molecule has 1 aliphatic heterocycles. The number of rotatable bonds is 4. The van der Waals surface area contributed by atoms with Crippen molar-refractivity contribution >= 4 is 34.2 Å². The van der Waals surface area contributed by atoms with Gasteiger partial charge in [-0.1, -0.05) is 62.4 Å². The molecule has 1 heterocycles. The molecule has 5 heteroatoms. The van der Waals surface area contributed by atoms with E-state index in [4.69, 9.17) is 0 Å². The van der Waals surface area contributed by atoms with Crippen LogP contribution in [0.15, 0.2) is 66.7 Å². The summed E-state index contributed by atoms with van der Waals surface area (Å²) in [6.07, 6.45) is 0. The number of imide groups is 1. The summed E-state index contributed by atoms with van der Waals surface area (Å²) in [7, 11) is 0. The van der Waals surface area contributed by atoms with Crippen LogP contribution in [0.4, 0.5) is 5.69 Å². The normalized spacial score (nSPS) is 14.5. The second-order valence-electron chi connectivity index (χ2n) is 7.23. The van der Waals surface area contributed by atoms with Crippen molar-refractivity contribution < 1.29 is 14.4 Å². The molecule has 140 valence electrons. The fraction of sp³-hybridized carbons (Fsp3) is 0.174. The summed E-state index contributed by atoms with van der Waals surface area (Å²) in [5, 5.41) is 4.83. The van der Waals surface area contributed by atoms with Crippen LogP contribution in [0, 0.1) is 5.92 Å². The lowest BCUT2D eigenvalue weighted by Gasteiger charge is -2.28. The maximum Gasteiger partial charge on any atom is 0.262 e. The van der Waals surface area contributed by atoms with E-state index in [1.54, 1.807) is 24.3 Å². The molecule has 0 saturated heterocycles. The molecule has 0 spiro atoms. The predicted molar refractivity (Wildman–Crippen MR) is 108 cm³/mol. The molecule has 0 aliphatic carbocycles. The third-order valence-electron chi connectivity index (χ3n) is 5.05. The van der Waals surface area contributed by atoms with Crippen molar-refractivity contribution in [3.63, 3.8) is 0 Å². The molecule has 5 nitrogen and oxygen atoms in total. The molecule has 1 atom stereocenters. The quantitative estimate of drug-likeness (QED) is 0.701. The lowest BCUT2D eigenvalue weighted by atomic mass is 10.0. The van der Waals surface area contributed by atoms with Gasteiger partial charge in [-0.05, 0) is 29.5 Å². The van der Waals surface area contributed by atoms with Gasteiger partial charge in [0.1, 0.15) is 6.04 Å². The SMILES string of the molecule is CC(C)C(C(=O)Nc1cccc2ccccc12)N1C(=O)c2ccccc2C1=O. The summed E-state index contributed by atoms with van der Waals surface area (Å²) in [6, 6.07) is 19.2.